The number of carbonyl (C=O) groups excluding carboxylic acids is 1. The number of amides is 1. The number of nitrogens with one attached hydrogen (secondary N) is 1. The molecule has 0 saturated heterocycles. The first-order chi connectivity index (χ1) is 10.3. The number of carbonyl (C=O) groups is 2. The van der Waals surface area contributed by atoms with Crippen LogP contribution in [-0.4, -0.2) is 26.8 Å². The minimum atomic E-state index is -1.000. The fourth-order valence-electron chi connectivity index (χ4n) is 1.94. The van der Waals surface area contributed by atoms with Crippen LogP contribution in [0.1, 0.15) is 19.4 Å². The first kappa shape index (κ1) is 16.0. The third kappa shape index (κ3) is 3.65. The zero-order valence-corrected chi connectivity index (χ0v) is 13.0. The fraction of sp³-hybridized carbons (Fsp3) is 0.267. The van der Waals surface area contributed by atoms with Crippen molar-refractivity contribution in [3.05, 3.63) is 47.1 Å². The summed E-state index contributed by atoms with van der Waals surface area (Å²) in [4.78, 5) is 23.1. The number of aromatic nitrogens is 2. The van der Waals surface area contributed by atoms with E-state index in [1.165, 1.54) is 10.9 Å². The van der Waals surface area contributed by atoms with Gasteiger partial charge in [0.1, 0.15) is 6.54 Å². The second kappa shape index (κ2) is 6.19. The van der Waals surface area contributed by atoms with Crippen molar-refractivity contribution in [2.24, 2.45) is 0 Å². The van der Waals surface area contributed by atoms with Crippen LogP contribution in [0.5, 0.6) is 0 Å². The summed E-state index contributed by atoms with van der Waals surface area (Å²) in [5.74, 6) is -0.947. The maximum absolute atomic E-state index is 12.5. The quantitative estimate of drug-likeness (QED) is 0.886. The van der Waals surface area contributed by atoms with Gasteiger partial charge in [-0.15, -0.1) is 0 Å². The Bertz CT molecular complexity index is 710. The molecule has 1 aromatic carbocycles. The number of benzene rings is 1. The molecule has 0 atom stereocenters. The molecule has 0 fully saturated rings. The van der Waals surface area contributed by atoms with Gasteiger partial charge in [0, 0.05) is 17.3 Å². The van der Waals surface area contributed by atoms with Crippen molar-refractivity contribution in [2.45, 2.75) is 25.8 Å². The molecule has 22 heavy (non-hydrogen) atoms. The predicted molar refractivity (Wildman–Crippen MR) is 83.0 cm³/mol. The van der Waals surface area contributed by atoms with Gasteiger partial charge in [-0.05, 0) is 31.5 Å². The van der Waals surface area contributed by atoms with Crippen LogP contribution in [0.3, 0.4) is 0 Å². The highest BCUT2D eigenvalue weighted by Gasteiger charge is 2.30. The van der Waals surface area contributed by atoms with Crippen LogP contribution in [0.2, 0.25) is 5.02 Å². The van der Waals surface area contributed by atoms with Gasteiger partial charge >= 0.3 is 5.97 Å². The lowest BCUT2D eigenvalue weighted by Gasteiger charge is -2.23. The Hall–Kier alpha value is -2.34. The number of hydrogen-bond donors (Lipinski definition) is 2. The molecule has 2 aromatic rings. The van der Waals surface area contributed by atoms with E-state index in [4.69, 9.17) is 16.7 Å². The number of carboxylic acids is 1. The van der Waals surface area contributed by atoms with E-state index in [9.17, 15) is 9.59 Å². The summed E-state index contributed by atoms with van der Waals surface area (Å²) in [5.41, 5.74) is -0.0240. The Morgan fingerprint density at radius 1 is 1.36 bits per heavy atom. The van der Waals surface area contributed by atoms with E-state index in [1.807, 2.05) is 6.07 Å². The van der Waals surface area contributed by atoms with Crippen molar-refractivity contribution in [2.75, 3.05) is 5.32 Å². The first-order valence-corrected chi connectivity index (χ1v) is 6.99. The average Bonchev–Trinajstić information content (AvgIpc) is 2.85. The van der Waals surface area contributed by atoms with Crippen LogP contribution in [0, 0.1) is 0 Å². The van der Waals surface area contributed by atoms with Crippen molar-refractivity contribution in [1.82, 2.24) is 9.78 Å². The zero-order chi connectivity index (χ0) is 16.3. The van der Waals surface area contributed by atoms with Gasteiger partial charge in [-0.2, -0.15) is 5.10 Å². The predicted octanol–water partition coefficient (Wildman–Crippen LogP) is 2.54. The Balaban J connectivity index is 2.13. The number of carboxylic acid groups (broad SMARTS) is 1. The molecular weight excluding hydrogens is 306 g/mol. The van der Waals surface area contributed by atoms with Gasteiger partial charge in [0.05, 0.1) is 5.41 Å². The molecule has 1 aromatic heterocycles. The van der Waals surface area contributed by atoms with Crippen LogP contribution < -0.4 is 5.32 Å². The smallest absolute Gasteiger partial charge is 0.325 e. The summed E-state index contributed by atoms with van der Waals surface area (Å²) in [6.07, 6.45) is 1.50. The van der Waals surface area contributed by atoms with Gasteiger partial charge < -0.3 is 10.4 Å². The van der Waals surface area contributed by atoms with Crippen LogP contribution >= 0.6 is 11.6 Å². The summed E-state index contributed by atoms with van der Waals surface area (Å²) >= 11 is 5.96. The number of anilines is 1. The minimum Gasteiger partial charge on any atom is -0.480 e. The highest BCUT2D eigenvalue weighted by atomic mass is 35.5. The summed E-state index contributed by atoms with van der Waals surface area (Å²) < 4.78 is 1.24. The van der Waals surface area contributed by atoms with Crippen LogP contribution in [0.15, 0.2) is 36.5 Å². The molecule has 0 bridgehead atoms. The summed E-state index contributed by atoms with van der Waals surface area (Å²) in [7, 11) is 0. The number of nitrogens with zero attached hydrogens (tertiary/aromatic N) is 2. The second-order valence-electron chi connectivity index (χ2n) is 5.38. The van der Waals surface area contributed by atoms with E-state index in [2.05, 4.69) is 10.4 Å². The number of hydrogen-bond acceptors (Lipinski definition) is 3. The third-order valence-corrected chi connectivity index (χ3v) is 3.53. The van der Waals surface area contributed by atoms with Gasteiger partial charge in [0.25, 0.3) is 0 Å². The van der Waals surface area contributed by atoms with E-state index in [1.54, 1.807) is 38.1 Å². The monoisotopic (exact) mass is 321 g/mol. The van der Waals surface area contributed by atoms with Crippen LogP contribution in [0.4, 0.5) is 5.82 Å². The average molecular weight is 322 g/mol. The molecule has 1 heterocycles. The highest BCUT2D eigenvalue weighted by Crippen LogP contribution is 2.27. The third-order valence-electron chi connectivity index (χ3n) is 3.29. The molecule has 0 spiro atoms. The fourth-order valence-corrected chi connectivity index (χ4v) is 2.13. The molecule has 2 N–H and O–H groups in total. The lowest BCUT2D eigenvalue weighted by molar-refractivity contribution is -0.137. The van der Waals surface area contributed by atoms with Crippen LogP contribution in [0.25, 0.3) is 0 Å². The van der Waals surface area contributed by atoms with Gasteiger partial charge in [-0.3, -0.25) is 14.3 Å². The van der Waals surface area contributed by atoms with Crippen molar-refractivity contribution < 1.29 is 14.7 Å². The number of rotatable bonds is 5. The zero-order valence-electron chi connectivity index (χ0n) is 12.2. The molecule has 6 nitrogen and oxygen atoms in total. The Kier molecular flexibility index (Phi) is 4.51. The molecule has 0 aliphatic heterocycles. The molecule has 2 rings (SSSR count). The Labute approximate surface area is 132 Å². The van der Waals surface area contributed by atoms with Crippen molar-refractivity contribution >= 4 is 29.3 Å². The van der Waals surface area contributed by atoms with Crippen LogP contribution in [-0.2, 0) is 21.5 Å². The summed E-state index contributed by atoms with van der Waals surface area (Å²) in [6, 6.07) is 8.65. The SMILES string of the molecule is CC(C)(C(=O)Nc1ccn(CC(=O)O)n1)c1cccc(Cl)c1. The summed E-state index contributed by atoms with van der Waals surface area (Å²) in [5, 5.41) is 15.9. The molecule has 0 aliphatic rings. The van der Waals surface area contributed by atoms with Crippen molar-refractivity contribution in [3.63, 3.8) is 0 Å². The maximum atomic E-state index is 12.5. The molecular formula is C15H16ClN3O3. The van der Waals surface area contributed by atoms with E-state index in [0.29, 0.717) is 10.8 Å². The topological polar surface area (TPSA) is 84.2 Å². The lowest BCUT2D eigenvalue weighted by Crippen LogP contribution is -2.34. The molecule has 7 heteroatoms. The minimum absolute atomic E-state index is 0.254. The highest BCUT2D eigenvalue weighted by molar-refractivity contribution is 6.30. The molecule has 0 saturated carbocycles. The van der Waals surface area contributed by atoms with Gasteiger partial charge in [-0.1, -0.05) is 23.7 Å². The molecule has 0 radical (unpaired) electrons. The van der Waals surface area contributed by atoms with E-state index < -0.39 is 11.4 Å². The van der Waals surface area contributed by atoms with Crippen molar-refractivity contribution in [3.8, 4) is 0 Å². The van der Waals surface area contributed by atoms with E-state index in [0.717, 1.165) is 5.56 Å². The first-order valence-electron chi connectivity index (χ1n) is 6.62. The Morgan fingerprint density at radius 2 is 2.09 bits per heavy atom. The molecule has 1 amide bonds. The largest absolute Gasteiger partial charge is 0.480 e. The number of halogens is 1. The molecule has 116 valence electrons. The van der Waals surface area contributed by atoms with E-state index >= 15 is 0 Å². The second-order valence-corrected chi connectivity index (χ2v) is 5.82. The lowest BCUT2D eigenvalue weighted by atomic mass is 9.84. The van der Waals surface area contributed by atoms with Crippen molar-refractivity contribution in [1.29, 1.82) is 0 Å². The summed E-state index contributed by atoms with van der Waals surface area (Å²) in [6.45, 7) is 3.30. The standard InChI is InChI=1S/C15H16ClN3O3/c1-15(2,10-4-3-5-11(16)8-10)14(22)17-12-6-7-19(18-12)9-13(20)21/h3-8H,9H2,1-2H3,(H,20,21)(H,17,18,22). The van der Waals surface area contributed by atoms with E-state index in [-0.39, 0.29) is 12.5 Å². The van der Waals surface area contributed by atoms with Gasteiger partial charge in [-0.25, -0.2) is 0 Å². The van der Waals surface area contributed by atoms with Gasteiger partial charge in [0.15, 0.2) is 5.82 Å². The van der Waals surface area contributed by atoms with Gasteiger partial charge in [0.2, 0.25) is 5.91 Å². The Morgan fingerprint density at radius 3 is 2.73 bits per heavy atom. The normalized spacial score (nSPS) is 11.2. The number of aliphatic carboxylic acids is 1. The molecule has 0 unspecified atom stereocenters. The molecule has 0 aliphatic carbocycles. The maximum Gasteiger partial charge on any atom is 0.325 e.